The zero-order valence-electron chi connectivity index (χ0n) is 14.6. The van der Waals surface area contributed by atoms with Crippen LogP contribution in [0.25, 0.3) is 0 Å². The fourth-order valence-electron chi connectivity index (χ4n) is 4.51. The van der Waals surface area contributed by atoms with Gasteiger partial charge in [-0.15, -0.1) is 0 Å². The van der Waals surface area contributed by atoms with E-state index in [9.17, 15) is 9.59 Å². The SMILES string of the molecule is CCOC(=O)CC12CCC(CC(c3ccc(Cl)cc3)C1C(=O)OC)N2. The number of methoxy groups -OCH3 is 1. The van der Waals surface area contributed by atoms with Crippen LogP contribution >= 0.6 is 11.6 Å². The summed E-state index contributed by atoms with van der Waals surface area (Å²) in [6.07, 6.45) is 2.73. The number of carbonyl (C=O) groups is 2. The first-order valence-corrected chi connectivity index (χ1v) is 9.13. The van der Waals surface area contributed by atoms with Crippen molar-refractivity contribution in [2.75, 3.05) is 13.7 Å². The predicted octanol–water partition coefficient (Wildman–Crippen LogP) is 3.06. The maximum Gasteiger partial charge on any atom is 0.311 e. The molecule has 2 heterocycles. The first-order valence-electron chi connectivity index (χ1n) is 8.75. The molecule has 25 heavy (non-hydrogen) atoms. The molecule has 3 rings (SSSR count). The highest BCUT2D eigenvalue weighted by atomic mass is 35.5. The highest BCUT2D eigenvalue weighted by molar-refractivity contribution is 6.30. The third kappa shape index (κ3) is 3.53. The van der Waals surface area contributed by atoms with Gasteiger partial charge in [0.05, 0.1) is 26.1 Å². The molecule has 6 heteroatoms. The van der Waals surface area contributed by atoms with E-state index in [2.05, 4.69) is 5.32 Å². The molecule has 0 spiro atoms. The molecule has 0 radical (unpaired) electrons. The number of nitrogens with one attached hydrogen (secondary N) is 1. The fourth-order valence-corrected chi connectivity index (χ4v) is 4.63. The maximum atomic E-state index is 12.7. The molecular formula is C19H24ClNO4. The Morgan fingerprint density at radius 1 is 1.32 bits per heavy atom. The van der Waals surface area contributed by atoms with E-state index in [-0.39, 0.29) is 30.3 Å². The zero-order chi connectivity index (χ0) is 18.0. The van der Waals surface area contributed by atoms with Gasteiger partial charge in [-0.1, -0.05) is 23.7 Å². The van der Waals surface area contributed by atoms with Gasteiger partial charge in [0.1, 0.15) is 0 Å². The first kappa shape index (κ1) is 18.2. The van der Waals surface area contributed by atoms with E-state index in [1.54, 1.807) is 6.92 Å². The average Bonchev–Trinajstić information content (AvgIpc) is 2.91. The van der Waals surface area contributed by atoms with Gasteiger partial charge in [0.2, 0.25) is 0 Å². The maximum absolute atomic E-state index is 12.7. The van der Waals surface area contributed by atoms with Crippen LogP contribution in [0.4, 0.5) is 0 Å². The van der Waals surface area contributed by atoms with E-state index in [0.717, 1.165) is 24.8 Å². The molecule has 1 aromatic rings. The van der Waals surface area contributed by atoms with Crippen LogP contribution in [-0.4, -0.2) is 37.2 Å². The van der Waals surface area contributed by atoms with Crippen molar-refractivity contribution in [3.8, 4) is 0 Å². The fraction of sp³-hybridized carbons (Fsp3) is 0.579. The number of rotatable bonds is 5. The molecule has 2 aliphatic heterocycles. The quantitative estimate of drug-likeness (QED) is 0.812. The second-order valence-corrected chi connectivity index (χ2v) is 7.35. The normalized spacial score (nSPS) is 30.8. The highest BCUT2D eigenvalue weighted by Crippen LogP contribution is 2.50. The van der Waals surface area contributed by atoms with Crippen LogP contribution in [0.3, 0.4) is 0 Å². The monoisotopic (exact) mass is 365 g/mol. The Kier molecular flexibility index (Phi) is 5.35. The van der Waals surface area contributed by atoms with Crippen LogP contribution in [0.15, 0.2) is 24.3 Å². The molecule has 0 amide bonds. The number of fused-ring (bicyclic) bond motifs is 2. The van der Waals surface area contributed by atoms with Crippen molar-refractivity contribution in [1.29, 1.82) is 0 Å². The number of piperidine rings is 1. The Morgan fingerprint density at radius 2 is 2.04 bits per heavy atom. The molecule has 136 valence electrons. The van der Waals surface area contributed by atoms with E-state index >= 15 is 0 Å². The summed E-state index contributed by atoms with van der Waals surface area (Å²) in [5.41, 5.74) is 0.452. The molecule has 0 aromatic heterocycles. The molecule has 2 saturated heterocycles. The van der Waals surface area contributed by atoms with Crippen molar-refractivity contribution in [1.82, 2.24) is 5.32 Å². The van der Waals surface area contributed by atoms with Crippen LogP contribution in [0, 0.1) is 5.92 Å². The Balaban J connectivity index is 1.97. The minimum Gasteiger partial charge on any atom is -0.469 e. The summed E-state index contributed by atoms with van der Waals surface area (Å²) in [7, 11) is 1.40. The third-order valence-electron chi connectivity index (χ3n) is 5.49. The van der Waals surface area contributed by atoms with Crippen molar-refractivity contribution in [3.63, 3.8) is 0 Å². The van der Waals surface area contributed by atoms with E-state index < -0.39 is 11.5 Å². The molecule has 4 unspecified atom stereocenters. The second-order valence-electron chi connectivity index (χ2n) is 6.91. The standard InChI is InChI=1S/C19H24ClNO4/c1-3-25-16(22)11-19-9-8-14(21-19)10-15(17(19)18(23)24-2)12-4-6-13(20)7-5-12/h4-7,14-15,17,21H,3,8-11H2,1-2H3. The summed E-state index contributed by atoms with van der Waals surface area (Å²) in [5, 5.41) is 4.21. The van der Waals surface area contributed by atoms with E-state index in [0.29, 0.717) is 11.6 Å². The van der Waals surface area contributed by atoms with Crippen LogP contribution in [0.2, 0.25) is 5.02 Å². The van der Waals surface area contributed by atoms with Gasteiger partial charge in [0.25, 0.3) is 0 Å². The minimum atomic E-state index is -0.605. The number of esters is 2. The number of hydrogen-bond donors (Lipinski definition) is 1. The lowest BCUT2D eigenvalue weighted by molar-refractivity contribution is -0.154. The van der Waals surface area contributed by atoms with E-state index in [1.165, 1.54) is 7.11 Å². The summed E-state index contributed by atoms with van der Waals surface area (Å²) in [6, 6.07) is 7.90. The average molecular weight is 366 g/mol. The van der Waals surface area contributed by atoms with Gasteiger partial charge in [0, 0.05) is 22.5 Å². The second kappa shape index (κ2) is 7.34. The van der Waals surface area contributed by atoms with E-state index in [1.807, 2.05) is 24.3 Å². The molecule has 1 aromatic carbocycles. The molecule has 1 N–H and O–H groups in total. The van der Waals surface area contributed by atoms with Crippen molar-refractivity contribution in [3.05, 3.63) is 34.9 Å². The number of halogens is 1. The van der Waals surface area contributed by atoms with Gasteiger partial charge in [-0.2, -0.15) is 0 Å². The van der Waals surface area contributed by atoms with Gasteiger partial charge in [-0.05, 0) is 43.9 Å². The Hall–Kier alpha value is -1.59. The Labute approximate surface area is 153 Å². The third-order valence-corrected chi connectivity index (χ3v) is 5.74. The molecule has 0 aliphatic carbocycles. The molecule has 2 aliphatic rings. The summed E-state index contributed by atoms with van der Waals surface area (Å²) < 4.78 is 10.3. The number of ether oxygens (including phenoxy) is 2. The number of benzene rings is 1. The Morgan fingerprint density at radius 3 is 2.68 bits per heavy atom. The van der Waals surface area contributed by atoms with Gasteiger partial charge >= 0.3 is 11.9 Å². The molecule has 5 nitrogen and oxygen atoms in total. The molecule has 0 saturated carbocycles. The molecule has 4 atom stereocenters. The van der Waals surface area contributed by atoms with E-state index in [4.69, 9.17) is 21.1 Å². The van der Waals surface area contributed by atoms with Crippen molar-refractivity contribution >= 4 is 23.5 Å². The predicted molar refractivity (Wildman–Crippen MR) is 94.5 cm³/mol. The molecule has 2 bridgehead atoms. The lowest BCUT2D eigenvalue weighted by Crippen LogP contribution is -2.59. The van der Waals surface area contributed by atoms with Crippen molar-refractivity contribution < 1.29 is 19.1 Å². The summed E-state index contributed by atoms with van der Waals surface area (Å²) in [6.45, 7) is 2.12. The molecule has 2 fully saturated rings. The lowest BCUT2D eigenvalue weighted by Gasteiger charge is -2.44. The summed E-state index contributed by atoms with van der Waals surface area (Å²) >= 11 is 6.01. The lowest BCUT2D eigenvalue weighted by atomic mass is 9.68. The zero-order valence-corrected chi connectivity index (χ0v) is 15.3. The minimum absolute atomic E-state index is 0.00658. The Bertz CT molecular complexity index is 647. The van der Waals surface area contributed by atoms with Gasteiger partial charge in [-0.25, -0.2) is 0 Å². The van der Waals surface area contributed by atoms with Crippen LogP contribution in [0.1, 0.15) is 44.1 Å². The summed E-state index contributed by atoms with van der Waals surface area (Å²) in [4.78, 5) is 24.9. The van der Waals surface area contributed by atoms with Crippen molar-refractivity contribution in [2.24, 2.45) is 5.92 Å². The molecular weight excluding hydrogens is 342 g/mol. The first-order chi connectivity index (χ1) is 12.0. The van der Waals surface area contributed by atoms with Crippen LogP contribution in [0.5, 0.6) is 0 Å². The van der Waals surface area contributed by atoms with Gasteiger partial charge in [-0.3, -0.25) is 9.59 Å². The highest BCUT2D eigenvalue weighted by Gasteiger charge is 2.57. The van der Waals surface area contributed by atoms with Crippen LogP contribution < -0.4 is 5.32 Å². The largest absolute Gasteiger partial charge is 0.469 e. The van der Waals surface area contributed by atoms with Crippen LogP contribution in [-0.2, 0) is 19.1 Å². The topological polar surface area (TPSA) is 64.6 Å². The van der Waals surface area contributed by atoms with Gasteiger partial charge < -0.3 is 14.8 Å². The van der Waals surface area contributed by atoms with Gasteiger partial charge in [0.15, 0.2) is 0 Å². The number of hydrogen-bond acceptors (Lipinski definition) is 5. The summed E-state index contributed by atoms with van der Waals surface area (Å²) in [5.74, 6) is -0.992. The smallest absolute Gasteiger partial charge is 0.311 e. The number of carbonyl (C=O) groups excluding carboxylic acids is 2. The van der Waals surface area contributed by atoms with Crippen molar-refractivity contribution in [2.45, 2.75) is 50.1 Å².